The Kier molecular flexibility index (Phi) is 7.56. The van der Waals surface area contributed by atoms with Crippen LogP contribution in [0, 0.1) is 0 Å². The molecule has 0 atom stereocenters. The molecule has 1 saturated heterocycles. The summed E-state index contributed by atoms with van der Waals surface area (Å²) in [4.78, 5) is 6.88. The summed E-state index contributed by atoms with van der Waals surface area (Å²) >= 11 is 0. The number of piperidine rings is 1. The van der Waals surface area contributed by atoms with Gasteiger partial charge in [0.15, 0.2) is 5.96 Å². The van der Waals surface area contributed by atoms with Crippen molar-refractivity contribution in [2.24, 2.45) is 4.99 Å². The number of methoxy groups -OCH3 is 1. The van der Waals surface area contributed by atoms with E-state index in [-0.39, 0.29) is 5.41 Å². The van der Waals surface area contributed by atoms with E-state index in [4.69, 9.17) is 4.74 Å². The number of hydrogen-bond donors (Lipinski definition) is 2. The van der Waals surface area contributed by atoms with Crippen molar-refractivity contribution in [2.45, 2.75) is 38.5 Å². The zero-order valence-electron chi connectivity index (χ0n) is 16.3. The second-order valence-corrected chi connectivity index (χ2v) is 7.37. The smallest absolute Gasteiger partial charge is 0.191 e. The number of aliphatic imine (C=N–C) groups is 1. The van der Waals surface area contributed by atoms with E-state index in [9.17, 15) is 0 Å². The minimum absolute atomic E-state index is 0.0149. The van der Waals surface area contributed by atoms with Crippen molar-refractivity contribution in [3.05, 3.63) is 29.8 Å². The molecule has 1 aromatic carbocycles. The van der Waals surface area contributed by atoms with Gasteiger partial charge >= 0.3 is 0 Å². The lowest BCUT2D eigenvalue weighted by molar-refractivity contribution is 0.232. The van der Waals surface area contributed by atoms with Crippen molar-refractivity contribution in [2.75, 3.05) is 46.9 Å². The van der Waals surface area contributed by atoms with Gasteiger partial charge in [-0.1, -0.05) is 32.4 Å². The molecule has 1 fully saturated rings. The van der Waals surface area contributed by atoms with Gasteiger partial charge in [-0.25, -0.2) is 0 Å². The van der Waals surface area contributed by atoms with Crippen LogP contribution in [0.1, 0.15) is 38.7 Å². The van der Waals surface area contributed by atoms with Gasteiger partial charge in [-0.2, -0.15) is 0 Å². The summed E-state index contributed by atoms with van der Waals surface area (Å²) in [7, 11) is 3.53. The molecule has 1 aliphatic heterocycles. The van der Waals surface area contributed by atoms with Crippen LogP contribution in [-0.2, 0) is 5.41 Å². The Morgan fingerprint density at radius 1 is 1.20 bits per heavy atom. The van der Waals surface area contributed by atoms with Crippen LogP contribution in [0.5, 0.6) is 5.75 Å². The van der Waals surface area contributed by atoms with Crippen molar-refractivity contribution in [1.29, 1.82) is 0 Å². The number of likely N-dealkylation sites (tertiary alicyclic amines) is 1. The van der Waals surface area contributed by atoms with E-state index < -0.39 is 0 Å². The summed E-state index contributed by atoms with van der Waals surface area (Å²) in [5, 5.41) is 6.90. The monoisotopic (exact) mass is 346 g/mol. The molecule has 25 heavy (non-hydrogen) atoms. The maximum atomic E-state index is 5.35. The molecular weight excluding hydrogens is 312 g/mol. The fourth-order valence-corrected chi connectivity index (χ4v) is 3.19. The molecule has 1 heterocycles. The molecule has 0 amide bonds. The maximum Gasteiger partial charge on any atom is 0.191 e. The Labute approximate surface area is 152 Å². The topological polar surface area (TPSA) is 48.9 Å². The zero-order chi connectivity index (χ0) is 18.1. The van der Waals surface area contributed by atoms with Crippen molar-refractivity contribution in [3.8, 4) is 5.75 Å². The second-order valence-electron chi connectivity index (χ2n) is 7.37. The van der Waals surface area contributed by atoms with Crippen LogP contribution in [0.2, 0.25) is 0 Å². The van der Waals surface area contributed by atoms with Gasteiger partial charge in [0.05, 0.1) is 7.11 Å². The minimum atomic E-state index is -0.0149. The number of rotatable bonds is 7. The van der Waals surface area contributed by atoms with E-state index in [2.05, 4.69) is 46.5 Å². The molecule has 140 valence electrons. The molecule has 2 rings (SSSR count). The van der Waals surface area contributed by atoms with E-state index in [1.807, 2.05) is 19.2 Å². The predicted molar refractivity (Wildman–Crippen MR) is 106 cm³/mol. The highest BCUT2D eigenvalue weighted by molar-refractivity contribution is 5.79. The predicted octanol–water partition coefficient (Wildman–Crippen LogP) is 2.62. The van der Waals surface area contributed by atoms with Gasteiger partial charge in [-0.05, 0) is 43.6 Å². The summed E-state index contributed by atoms with van der Waals surface area (Å²) in [6.45, 7) is 9.75. The lowest BCUT2D eigenvalue weighted by Gasteiger charge is -2.28. The Balaban J connectivity index is 1.80. The Morgan fingerprint density at radius 2 is 1.96 bits per heavy atom. The summed E-state index contributed by atoms with van der Waals surface area (Å²) in [6, 6.07) is 8.28. The Hall–Kier alpha value is -1.75. The third kappa shape index (κ3) is 6.24. The molecule has 0 spiro atoms. The van der Waals surface area contributed by atoms with Gasteiger partial charge in [0.1, 0.15) is 5.75 Å². The summed E-state index contributed by atoms with van der Waals surface area (Å²) in [5.74, 6) is 1.77. The molecule has 0 bridgehead atoms. The van der Waals surface area contributed by atoms with Crippen molar-refractivity contribution < 1.29 is 4.74 Å². The van der Waals surface area contributed by atoms with E-state index >= 15 is 0 Å². The van der Waals surface area contributed by atoms with Crippen LogP contribution in [0.4, 0.5) is 0 Å². The van der Waals surface area contributed by atoms with Crippen LogP contribution < -0.4 is 15.4 Å². The lowest BCUT2D eigenvalue weighted by Crippen LogP contribution is -2.46. The van der Waals surface area contributed by atoms with E-state index in [1.165, 1.54) is 37.9 Å². The number of guanidine groups is 1. The van der Waals surface area contributed by atoms with Crippen LogP contribution in [0.3, 0.4) is 0 Å². The van der Waals surface area contributed by atoms with Gasteiger partial charge < -0.3 is 20.3 Å². The van der Waals surface area contributed by atoms with Gasteiger partial charge in [0.25, 0.3) is 0 Å². The number of hydrogen-bond acceptors (Lipinski definition) is 3. The molecule has 5 nitrogen and oxygen atoms in total. The first kappa shape index (κ1) is 19.6. The van der Waals surface area contributed by atoms with Gasteiger partial charge in [-0.3, -0.25) is 4.99 Å². The SMILES string of the molecule is CN=C(NCCN1CCCCC1)NCC(C)(C)c1cccc(OC)c1. The van der Waals surface area contributed by atoms with Crippen molar-refractivity contribution >= 4 is 5.96 Å². The first-order chi connectivity index (χ1) is 12.0. The summed E-state index contributed by atoms with van der Waals surface area (Å²) < 4.78 is 5.35. The Morgan fingerprint density at radius 3 is 2.64 bits per heavy atom. The summed E-state index contributed by atoms with van der Waals surface area (Å²) in [6.07, 6.45) is 4.05. The third-order valence-electron chi connectivity index (χ3n) is 4.94. The standard InChI is InChI=1S/C20H34N4O/c1-20(2,17-9-8-10-18(15-17)25-4)16-23-19(21-3)22-11-14-24-12-6-5-7-13-24/h8-10,15H,5-7,11-14,16H2,1-4H3,(H2,21,22,23). The van der Waals surface area contributed by atoms with Crippen LogP contribution in [0.25, 0.3) is 0 Å². The van der Waals surface area contributed by atoms with Crippen molar-refractivity contribution in [1.82, 2.24) is 15.5 Å². The van der Waals surface area contributed by atoms with Crippen LogP contribution in [-0.4, -0.2) is 57.7 Å². The molecule has 0 radical (unpaired) electrons. The van der Waals surface area contributed by atoms with E-state index in [1.54, 1.807) is 7.11 Å². The van der Waals surface area contributed by atoms with Crippen LogP contribution >= 0.6 is 0 Å². The highest BCUT2D eigenvalue weighted by Gasteiger charge is 2.21. The number of nitrogens with zero attached hydrogens (tertiary/aromatic N) is 2. The molecule has 0 aromatic heterocycles. The highest BCUT2D eigenvalue weighted by atomic mass is 16.5. The van der Waals surface area contributed by atoms with Gasteiger partial charge in [-0.15, -0.1) is 0 Å². The fraction of sp³-hybridized carbons (Fsp3) is 0.650. The quantitative estimate of drug-likeness (QED) is 0.589. The molecule has 0 aliphatic carbocycles. The number of nitrogens with one attached hydrogen (secondary N) is 2. The molecular formula is C20H34N4O. The zero-order valence-corrected chi connectivity index (χ0v) is 16.3. The molecule has 5 heteroatoms. The van der Waals surface area contributed by atoms with Crippen LogP contribution in [0.15, 0.2) is 29.3 Å². The molecule has 1 aromatic rings. The first-order valence-corrected chi connectivity index (χ1v) is 9.36. The fourth-order valence-electron chi connectivity index (χ4n) is 3.19. The lowest BCUT2D eigenvalue weighted by atomic mass is 9.84. The van der Waals surface area contributed by atoms with Gasteiger partial charge in [0, 0.05) is 32.1 Å². The normalized spacial score (nSPS) is 16.6. The molecule has 0 unspecified atom stereocenters. The molecule has 2 N–H and O–H groups in total. The summed E-state index contributed by atoms with van der Waals surface area (Å²) in [5.41, 5.74) is 1.24. The maximum absolute atomic E-state index is 5.35. The number of ether oxygens (including phenoxy) is 1. The first-order valence-electron chi connectivity index (χ1n) is 9.36. The highest BCUT2D eigenvalue weighted by Crippen LogP contribution is 2.25. The van der Waals surface area contributed by atoms with E-state index in [0.29, 0.717) is 0 Å². The van der Waals surface area contributed by atoms with Crippen molar-refractivity contribution in [3.63, 3.8) is 0 Å². The number of benzene rings is 1. The average Bonchev–Trinajstić information content (AvgIpc) is 2.65. The van der Waals surface area contributed by atoms with E-state index in [0.717, 1.165) is 31.3 Å². The molecule has 1 aliphatic rings. The minimum Gasteiger partial charge on any atom is -0.497 e. The average molecular weight is 347 g/mol. The molecule has 0 saturated carbocycles. The van der Waals surface area contributed by atoms with Gasteiger partial charge in [0.2, 0.25) is 0 Å². The largest absolute Gasteiger partial charge is 0.497 e. The third-order valence-corrected chi connectivity index (χ3v) is 4.94. The second kappa shape index (κ2) is 9.66. The Bertz CT molecular complexity index is 550.